The van der Waals surface area contributed by atoms with Crippen molar-refractivity contribution in [3.8, 4) is 5.75 Å². The van der Waals surface area contributed by atoms with Gasteiger partial charge in [0.15, 0.2) is 0 Å². The number of carbonyl (C=O) groups is 1. The topological polar surface area (TPSA) is 72.5 Å². The molecule has 0 fully saturated rings. The fraction of sp³-hybridized carbons (Fsp3) is 0.500. The summed E-state index contributed by atoms with van der Waals surface area (Å²) in [7, 11) is -5.05. The summed E-state index contributed by atoms with van der Waals surface area (Å²) in [4.78, 5) is 11.8. The predicted octanol–water partition coefficient (Wildman–Crippen LogP) is 2.43. The molecule has 1 aliphatic carbocycles. The molecule has 0 saturated heterocycles. The van der Waals surface area contributed by atoms with Crippen LogP contribution in [0.3, 0.4) is 0 Å². The van der Waals surface area contributed by atoms with E-state index in [0.717, 1.165) is 18.4 Å². The Balaban J connectivity index is 2.31. The smallest absolute Gasteiger partial charge is 0.358 e. The lowest BCUT2D eigenvalue weighted by Crippen LogP contribution is -2.33. The van der Waals surface area contributed by atoms with E-state index in [9.17, 15) is 17.1 Å². The molecule has 0 aromatic heterocycles. The Hall–Kier alpha value is -1.63. The van der Waals surface area contributed by atoms with E-state index in [-0.39, 0.29) is 23.6 Å². The van der Waals surface area contributed by atoms with E-state index in [1.54, 1.807) is 26.0 Å². The van der Waals surface area contributed by atoms with Crippen LogP contribution < -0.4 is 9.50 Å². The maximum absolute atomic E-state index is 12.7. The highest BCUT2D eigenvalue weighted by atomic mass is 32.3. The Labute approximate surface area is 123 Å². The Kier molecular flexibility index (Phi) is 4.51. The third-order valence-corrected chi connectivity index (χ3v) is 3.87. The van der Waals surface area contributed by atoms with Gasteiger partial charge in [0.2, 0.25) is 5.91 Å². The molecule has 0 aliphatic heterocycles. The summed E-state index contributed by atoms with van der Waals surface area (Å²) < 4.78 is 38.5. The first kappa shape index (κ1) is 15.8. The predicted molar refractivity (Wildman–Crippen MR) is 75.8 cm³/mol. The quantitative estimate of drug-likeness (QED) is 0.866. The summed E-state index contributed by atoms with van der Waals surface area (Å²) in [6, 6.07) is 4.62. The lowest BCUT2D eigenvalue weighted by molar-refractivity contribution is -0.124. The van der Waals surface area contributed by atoms with E-state index in [1.165, 1.54) is 6.07 Å². The molecule has 0 heterocycles. The molecule has 1 aromatic rings. The van der Waals surface area contributed by atoms with Crippen LogP contribution in [0.15, 0.2) is 18.2 Å². The molecular formula is C14H18FNO4S. The molecule has 1 aliphatic rings. The number of rotatable bonds is 4. The minimum absolute atomic E-state index is 0.00139. The molecule has 2 rings (SSSR count). The molecule has 1 N–H and O–H groups in total. The normalized spacial score (nSPS) is 18.2. The van der Waals surface area contributed by atoms with Crippen molar-refractivity contribution in [2.45, 2.75) is 39.2 Å². The average molecular weight is 315 g/mol. The van der Waals surface area contributed by atoms with Crippen LogP contribution in [-0.2, 0) is 21.7 Å². The number of hydrogen-bond acceptors (Lipinski definition) is 4. The van der Waals surface area contributed by atoms with Crippen LogP contribution in [0, 0.1) is 5.92 Å². The second-order valence-electron chi connectivity index (χ2n) is 5.41. The molecule has 5 nitrogen and oxygen atoms in total. The summed E-state index contributed by atoms with van der Waals surface area (Å²) in [6.07, 6.45) is 2.12. The number of hydrogen-bond donors (Lipinski definition) is 1. The largest absolute Gasteiger partial charge is 0.488 e. The summed E-state index contributed by atoms with van der Waals surface area (Å²) in [5.74, 6) is -0.211. The first-order valence-electron chi connectivity index (χ1n) is 6.84. The van der Waals surface area contributed by atoms with E-state index in [4.69, 9.17) is 0 Å². The molecule has 1 atom stereocenters. The third kappa shape index (κ3) is 3.93. The standard InChI is InChI=1S/C14H18FNO4S/c1-9(2)14(17)16-12-7-3-6-11-10(12)5-4-8-13(11)20-21(15,18)19/h4-5,8-9,12H,3,6-7H2,1-2H3,(H,16,17). The molecule has 0 spiro atoms. The second kappa shape index (κ2) is 6.01. The lowest BCUT2D eigenvalue weighted by atomic mass is 9.87. The van der Waals surface area contributed by atoms with Crippen LogP contribution in [0.1, 0.15) is 43.9 Å². The molecule has 1 aromatic carbocycles. The van der Waals surface area contributed by atoms with Crippen LogP contribution in [0.25, 0.3) is 0 Å². The Morgan fingerprint density at radius 2 is 2.14 bits per heavy atom. The van der Waals surface area contributed by atoms with Crippen LogP contribution >= 0.6 is 0 Å². The SMILES string of the molecule is CC(C)C(=O)NC1CCCc2c(OS(=O)(=O)F)cccc21. The van der Waals surface area contributed by atoms with E-state index in [1.807, 2.05) is 0 Å². The van der Waals surface area contributed by atoms with Crippen LogP contribution in [0.2, 0.25) is 0 Å². The Morgan fingerprint density at radius 3 is 2.76 bits per heavy atom. The zero-order valence-corrected chi connectivity index (χ0v) is 12.7. The maximum atomic E-state index is 12.7. The van der Waals surface area contributed by atoms with Gasteiger partial charge in [0.1, 0.15) is 5.75 Å². The number of amides is 1. The van der Waals surface area contributed by atoms with E-state index in [0.29, 0.717) is 12.0 Å². The number of carbonyl (C=O) groups excluding carboxylic acids is 1. The molecule has 7 heteroatoms. The highest BCUT2D eigenvalue weighted by molar-refractivity contribution is 7.81. The van der Waals surface area contributed by atoms with Gasteiger partial charge >= 0.3 is 10.5 Å². The zero-order valence-electron chi connectivity index (χ0n) is 11.9. The van der Waals surface area contributed by atoms with Gasteiger partial charge in [-0.05, 0) is 30.9 Å². The van der Waals surface area contributed by atoms with Gasteiger partial charge in [0, 0.05) is 11.5 Å². The van der Waals surface area contributed by atoms with Gasteiger partial charge in [-0.25, -0.2) is 0 Å². The van der Waals surface area contributed by atoms with Gasteiger partial charge < -0.3 is 9.50 Å². The number of halogens is 1. The van der Waals surface area contributed by atoms with Crippen molar-refractivity contribution in [1.82, 2.24) is 5.32 Å². The summed E-state index contributed by atoms with van der Waals surface area (Å²) in [6.45, 7) is 3.60. The van der Waals surface area contributed by atoms with Gasteiger partial charge in [-0.3, -0.25) is 4.79 Å². The fourth-order valence-corrected chi connectivity index (χ4v) is 2.86. The fourth-order valence-electron chi connectivity index (χ4n) is 2.49. The molecule has 116 valence electrons. The van der Waals surface area contributed by atoms with Gasteiger partial charge in [-0.15, -0.1) is 0 Å². The van der Waals surface area contributed by atoms with Crippen LogP contribution in [-0.4, -0.2) is 14.3 Å². The first-order chi connectivity index (χ1) is 9.78. The van der Waals surface area contributed by atoms with Crippen molar-refractivity contribution in [2.24, 2.45) is 5.92 Å². The molecule has 21 heavy (non-hydrogen) atoms. The molecule has 0 saturated carbocycles. The first-order valence-corrected chi connectivity index (χ1v) is 8.15. The minimum atomic E-state index is -5.05. The third-order valence-electron chi connectivity index (χ3n) is 3.49. The second-order valence-corrected chi connectivity index (χ2v) is 6.36. The minimum Gasteiger partial charge on any atom is -0.358 e. The van der Waals surface area contributed by atoms with E-state index in [2.05, 4.69) is 9.50 Å². The van der Waals surface area contributed by atoms with Crippen LogP contribution in [0.5, 0.6) is 5.75 Å². The van der Waals surface area contributed by atoms with E-state index >= 15 is 0 Å². The zero-order chi connectivity index (χ0) is 15.6. The van der Waals surface area contributed by atoms with Crippen molar-refractivity contribution in [3.05, 3.63) is 29.3 Å². The maximum Gasteiger partial charge on any atom is 0.488 e. The molecule has 0 bridgehead atoms. The van der Waals surface area contributed by atoms with Crippen molar-refractivity contribution < 1.29 is 21.3 Å². The van der Waals surface area contributed by atoms with Crippen molar-refractivity contribution in [3.63, 3.8) is 0 Å². The van der Waals surface area contributed by atoms with Crippen LogP contribution in [0.4, 0.5) is 3.89 Å². The molecular weight excluding hydrogens is 297 g/mol. The van der Waals surface area contributed by atoms with Crippen molar-refractivity contribution in [1.29, 1.82) is 0 Å². The highest BCUT2D eigenvalue weighted by Gasteiger charge is 2.26. The summed E-state index contributed by atoms with van der Waals surface area (Å²) in [5.41, 5.74) is 1.43. The molecule has 1 unspecified atom stereocenters. The Bertz CT molecular complexity index is 642. The number of fused-ring (bicyclic) bond motifs is 1. The van der Waals surface area contributed by atoms with Crippen molar-refractivity contribution >= 4 is 16.4 Å². The Morgan fingerprint density at radius 1 is 1.43 bits per heavy atom. The molecule has 1 amide bonds. The molecule has 0 radical (unpaired) electrons. The summed E-state index contributed by atoms with van der Waals surface area (Å²) in [5, 5.41) is 2.93. The van der Waals surface area contributed by atoms with Gasteiger partial charge in [0.05, 0.1) is 6.04 Å². The highest BCUT2D eigenvalue weighted by Crippen LogP contribution is 2.36. The van der Waals surface area contributed by atoms with Gasteiger partial charge in [0.25, 0.3) is 0 Å². The van der Waals surface area contributed by atoms with E-state index < -0.39 is 10.5 Å². The van der Waals surface area contributed by atoms with Crippen molar-refractivity contribution in [2.75, 3.05) is 0 Å². The van der Waals surface area contributed by atoms with Gasteiger partial charge in [-0.1, -0.05) is 29.9 Å². The van der Waals surface area contributed by atoms with Gasteiger partial charge in [-0.2, -0.15) is 8.42 Å². The average Bonchev–Trinajstić information content (AvgIpc) is 2.38. The number of nitrogens with one attached hydrogen (secondary N) is 1. The monoisotopic (exact) mass is 315 g/mol. The summed E-state index contributed by atoms with van der Waals surface area (Å²) >= 11 is 0. The lowest BCUT2D eigenvalue weighted by Gasteiger charge is -2.28. The number of benzene rings is 1.